The van der Waals surface area contributed by atoms with Crippen molar-refractivity contribution in [2.45, 2.75) is 37.2 Å². The average Bonchev–Trinajstić information content (AvgIpc) is 3.27. The van der Waals surface area contributed by atoms with Crippen molar-refractivity contribution in [2.24, 2.45) is 5.92 Å². The van der Waals surface area contributed by atoms with Gasteiger partial charge in [0.25, 0.3) is 0 Å². The van der Waals surface area contributed by atoms with Crippen LogP contribution in [0.5, 0.6) is 0 Å². The summed E-state index contributed by atoms with van der Waals surface area (Å²) in [6, 6.07) is 8.32. The molecule has 1 unspecified atom stereocenters. The van der Waals surface area contributed by atoms with Gasteiger partial charge in [0.1, 0.15) is 5.60 Å². The lowest BCUT2D eigenvalue weighted by molar-refractivity contribution is -0.114. The number of aryl methyl sites for hydroxylation is 1. The van der Waals surface area contributed by atoms with Gasteiger partial charge in [-0.3, -0.25) is 4.79 Å². The Morgan fingerprint density at radius 1 is 1.35 bits per heavy atom. The topological polar surface area (TPSA) is 95.5 Å². The van der Waals surface area contributed by atoms with Crippen molar-refractivity contribution in [1.29, 1.82) is 0 Å². The summed E-state index contributed by atoms with van der Waals surface area (Å²) in [7, 11) is -3.78. The summed E-state index contributed by atoms with van der Waals surface area (Å²) in [5.41, 5.74) is -0.109. The van der Waals surface area contributed by atoms with Crippen molar-refractivity contribution >= 4 is 33.0 Å². The molecule has 1 aromatic heterocycles. The number of thiophene rings is 1. The fourth-order valence-corrected chi connectivity index (χ4v) is 5.23. The summed E-state index contributed by atoms with van der Waals surface area (Å²) in [5.74, 6) is -0.143. The normalized spacial score (nSPS) is 16.9. The van der Waals surface area contributed by atoms with Gasteiger partial charge in [-0.25, -0.2) is 13.1 Å². The number of amides is 1. The first-order chi connectivity index (χ1) is 12.2. The number of nitrogens with one attached hydrogen (secondary N) is 2. The Kier molecular flexibility index (Phi) is 5.21. The molecule has 140 valence electrons. The van der Waals surface area contributed by atoms with Gasteiger partial charge in [0.05, 0.1) is 4.90 Å². The van der Waals surface area contributed by atoms with Crippen LogP contribution in [0.1, 0.15) is 30.2 Å². The van der Waals surface area contributed by atoms with Crippen LogP contribution in [-0.4, -0.2) is 26.0 Å². The van der Waals surface area contributed by atoms with Gasteiger partial charge in [0.15, 0.2) is 0 Å². The Hall–Kier alpha value is -1.74. The van der Waals surface area contributed by atoms with Crippen LogP contribution in [0.2, 0.25) is 0 Å². The highest BCUT2D eigenvalue weighted by Gasteiger charge is 2.46. The minimum atomic E-state index is -3.78. The van der Waals surface area contributed by atoms with Crippen molar-refractivity contribution in [3.63, 3.8) is 0 Å². The molecule has 1 fully saturated rings. The van der Waals surface area contributed by atoms with Crippen LogP contribution < -0.4 is 10.0 Å². The van der Waals surface area contributed by atoms with E-state index in [1.54, 1.807) is 19.1 Å². The van der Waals surface area contributed by atoms with Crippen LogP contribution in [0, 0.1) is 12.8 Å². The minimum Gasteiger partial charge on any atom is -0.383 e. The fourth-order valence-electron chi connectivity index (χ4n) is 3.03. The number of carbonyl (C=O) groups excluding carboxylic acids is 1. The van der Waals surface area contributed by atoms with Crippen LogP contribution in [0.3, 0.4) is 0 Å². The van der Waals surface area contributed by atoms with E-state index in [0.29, 0.717) is 11.3 Å². The maximum atomic E-state index is 12.7. The van der Waals surface area contributed by atoms with Crippen LogP contribution in [0.25, 0.3) is 0 Å². The smallest absolute Gasteiger partial charge is 0.240 e. The zero-order valence-electron chi connectivity index (χ0n) is 14.7. The quantitative estimate of drug-likeness (QED) is 0.673. The Morgan fingerprint density at radius 2 is 2.08 bits per heavy atom. The fraction of sp³-hybridized carbons (Fsp3) is 0.389. The third-order valence-corrected chi connectivity index (χ3v) is 7.12. The Labute approximate surface area is 157 Å². The lowest BCUT2D eigenvalue weighted by Gasteiger charge is -2.27. The first-order valence-corrected chi connectivity index (χ1v) is 10.7. The molecule has 0 aliphatic heterocycles. The van der Waals surface area contributed by atoms with Gasteiger partial charge >= 0.3 is 0 Å². The van der Waals surface area contributed by atoms with Gasteiger partial charge in [-0.15, -0.1) is 11.3 Å². The van der Waals surface area contributed by atoms with Crippen molar-refractivity contribution in [3.8, 4) is 0 Å². The summed E-state index contributed by atoms with van der Waals surface area (Å²) < 4.78 is 28.0. The molecule has 0 radical (unpaired) electrons. The van der Waals surface area contributed by atoms with Gasteiger partial charge in [-0.1, -0.05) is 6.07 Å². The second-order valence-corrected chi connectivity index (χ2v) is 9.34. The van der Waals surface area contributed by atoms with E-state index < -0.39 is 15.6 Å². The largest absolute Gasteiger partial charge is 0.383 e. The van der Waals surface area contributed by atoms with E-state index in [9.17, 15) is 18.3 Å². The molecule has 8 heteroatoms. The third kappa shape index (κ3) is 3.98. The van der Waals surface area contributed by atoms with Gasteiger partial charge in [0, 0.05) is 24.0 Å². The minimum absolute atomic E-state index is 0.0621. The van der Waals surface area contributed by atoms with Crippen molar-refractivity contribution in [1.82, 2.24) is 4.72 Å². The van der Waals surface area contributed by atoms with E-state index in [0.717, 1.165) is 17.7 Å². The molecule has 1 saturated carbocycles. The Balaban J connectivity index is 1.79. The van der Waals surface area contributed by atoms with Crippen molar-refractivity contribution in [2.75, 3.05) is 11.9 Å². The number of hydrogen-bond donors (Lipinski definition) is 3. The number of carbonyl (C=O) groups is 1. The molecule has 6 nitrogen and oxygen atoms in total. The Morgan fingerprint density at radius 3 is 2.62 bits per heavy atom. The Bertz CT molecular complexity index is 905. The lowest BCUT2D eigenvalue weighted by Crippen LogP contribution is -2.42. The second kappa shape index (κ2) is 7.11. The molecule has 1 aliphatic carbocycles. The summed E-state index contributed by atoms with van der Waals surface area (Å²) in [5, 5.41) is 15.6. The van der Waals surface area contributed by atoms with E-state index in [1.807, 2.05) is 17.5 Å². The average molecular weight is 395 g/mol. The van der Waals surface area contributed by atoms with Crippen LogP contribution in [-0.2, 0) is 20.4 Å². The van der Waals surface area contributed by atoms with Crippen LogP contribution >= 0.6 is 11.3 Å². The van der Waals surface area contributed by atoms with E-state index >= 15 is 0 Å². The molecule has 1 aromatic carbocycles. The van der Waals surface area contributed by atoms with Crippen molar-refractivity contribution in [3.05, 3.63) is 46.2 Å². The second-order valence-electron chi connectivity index (χ2n) is 6.66. The predicted molar refractivity (Wildman–Crippen MR) is 102 cm³/mol. The van der Waals surface area contributed by atoms with Gasteiger partial charge < -0.3 is 10.4 Å². The third-order valence-electron chi connectivity index (χ3n) is 4.52. The summed E-state index contributed by atoms with van der Waals surface area (Å²) in [4.78, 5) is 12.0. The number of aliphatic hydroxyl groups is 1. The van der Waals surface area contributed by atoms with E-state index in [4.69, 9.17) is 0 Å². The highest BCUT2D eigenvalue weighted by atomic mass is 32.2. The molecule has 3 rings (SSSR count). The van der Waals surface area contributed by atoms with Gasteiger partial charge in [-0.2, -0.15) is 0 Å². The molecule has 0 spiro atoms. The SMILES string of the molecule is CC(=O)Nc1ccc(S(=O)(=O)NCC(O)(c2cccs2)C2CC2)c(C)c1. The summed E-state index contributed by atoms with van der Waals surface area (Å²) >= 11 is 1.43. The zero-order valence-corrected chi connectivity index (χ0v) is 16.3. The van der Waals surface area contributed by atoms with Gasteiger partial charge in [-0.05, 0) is 60.9 Å². The summed E-state index contributed by atoms with van der Waals surface area (Å²) in [6.07, 6.45) is 1.78. The van der Waals surface area contributed by atoms with Crippen molar-refractivity contribution < 1.29 is 18.3 Å². The molecular weight excluding hydrogens is 372 g/mol. The molecular formula is C18H22N2O4S2. The number of rotatable bonds is 7. The molecule has 1 aliphatic rings. The molecule has 2 aromatic rings. The number of sulfonamides is 1. The molecule has 26 heavy (non-hydrogen) atoms. The predicted octanol–water partition coefficient (Wildman–Crippen LogP) is 2.59. The number of anilines is 1. The van der Waals surface area contributed by atoms with E-state index in [-0.39, 0.29) is 23.3 Å². The first-order valence-electron chi connectivity index (χ1n) is 8.36. The van der Waals surface area contributed by atoms with Gasteiger partial charge in [0.2, 0.25) is 15.9 Å². The molecule has 1 amide bonds. The van der Waals surface area contributed by atoms with E-state index in [2.05, 4.69) is 10.0 Å². The zero-order chi connectivity index (χ0) is 18.9. The van der Waals surface area contributed by atoms with Crippen LogP contribution in [0.15, 0.2) is 40.6 Å². The monoisotopic (exact) mass is 394 g/mol. The molecule has 1 atom stereocenters. The highest BCUT2D eigenvalue weighted by Crippen LogP contribution is 2.46. The maximum absolute atomic E-state index is 12.7. The molecule has 0 bridgehead atoms. The first kappa shape index (κ1) is 19.0. The maximum Gasteiger partial charge on any atom is 0.240 e. The molecule has 3 N–H and O–H groups in total. The van der Waals surface area contributed by atoms with E-state index in [1.165, 1.54) is 24.3 Å². The summed E-state index contributed by atoms with van der Waals surface area (Å²) in [6.45, 7) is 3.00. The van der Waals surface area contributed by atoms with Crippen LogP contribution in [0.4, 0.5) is 5.69 Å². The lowest BCUT2D eigenvalue weighted by atomic mass is 9.96. The molecule has 0 saturated heterocycles. The standard InChI is InChI=1S/C18H22N2O4S2/c1-12-10-15(20-13(2)21)7-8-16(12)26(23,24)19-11-18(22,14-5-6-14)17-4-3-9-25-17/h3-4,7-10,14,19,22H,5-6,11H2,1-2H3,(H,20,21). The molecule has 1 heterocycles. The number of hydrogen-bond acceptors (Lipinski definition) is 5. The highest BCUT2D eigenvalue weighted by molar-refractivity contribution is 7.89. The number of benzene rings is 1.